The molecule has 6 heteroatoms. The lowest BCUT2D eigenvalue weighted by Crippen LogP contribution is -2.17. The van der Waals surface area contributed by atoms with E-state index < -0.39 is 12.1 Å². The van der Waals surface area contributed by atoms with E-state index in [1.54, 1.807) is 5.38 Å². The Balaban J connectivity index is 2.63. The molecule has 0 saturated heterocycles. The zero-order valence-electron chi connectivity index (χ0n) is 6.71. The van der Waals surface area contributed by atoms with Crippen molar-refractivity contribution in [1.82, 2.24) is 4.98 Å². The average molecular weight is 203 g/mol. The Morgan fingerprint density at radius 2 is 2.54 bits per heavy atom. The number of aliphatic hydroxyl groups is 1. The van der Waals surface area contributed by atoms with Crippen molar-refractivity contribution in [2.24, 2.45) is 0 Å². The summed E-state index contributed by atoms with van der Waals surface area (Å²) < 4.78 is 4.89. The van der Waals surface area contributed by atoms with Crippen molar-refractivity contribution in [3.8, 4) is 0 Å². The first-order valence-corrected chi connectivity index (χ1v) is 4.53. The van der Waals surface area contributed by atoms with E-state index in [1.807, 2.05) is 0 Å². The molecule has 0 spiro atoms. The lowest BCUT2D eigenvalue weighted by molar-refractivity contribution is -0.151. The standard InChI is InChI=1S/C7H9NO4S/c9-1-2-12-6(7(10)11)5-3-13-4-8-5/h3-4,6,9H,1-2H2,(H,10,11). The lowest BCUT2D eigenvalue weighted by Gasteiger charge is -2.09. The number of carboxylic acid groups (broad SMARTS) is 1. The first-order chi connectivity index (χ1) is 6.25. The maximum Gasteiger partial charge on any atom is 0.339 e. The maximum absolute atomic E-state index is 10.7. The summed E-state index contributed by atoms with van der Waals surface area (Å²) in [7, 11) is 0. The fourth-order valence-electron chi connectivity index (χ4n) is 0.805. The Bertz CT molecular complexity index is 261. The molecule has 1 heterocycles. The third kappa shape index (κ3) is 2.76. The van der Waals surface area contributed by atoms with E-state index >= 15 is 0 Å². The Morgan fingerprint density at radius 1 is 1.77 bits per heavy atom. The zero-order valence-corrected chi connectivity index (χ0v) is 7.53. The van der Waals surface area contributed by atoms with Gasteiger partial charge in [0.15, 0.2) is 6.10 Å². The number of thiazole rings is 1. The second-order valence-corrected chi connectivity index (χ2v) is 2.94. The average Bonchev–Trinajstić information content (AvgIpc) is 2.57. The molecule has 1 unspecified atom stereocenters. The van der Waals surface area contributed by atoms with Gasteiger partial charge in [0.25, 0.3) is 0 Å². The van der Waals surface area contributed by atoms with E-state index in [4.69, 9.17) is 14.9 Å². The minimum absolute atomic E-state index is 0.00546. The van der Waals surface area contributed by atoms with E-state index in [2.05, 4.69) is 4.98 Å². The van der Waals surface area contributed by atoms with E-state index in [9.17, 15) is 4.79 Å². The number of hydrogen-bond donors (Lipinski definition) is 2. The number of rotatable bonds is 5. The molecule has 5 nitrogen and oxygen atoms in total. The fraction of sp³-hybridized carbons (Fsp3) is 0.429. The summed E-state index contributed by atoms with van der Waals surface area (Å²) in [6.45, 7) is -0.206. The van der Waals surface area contributed by atoms with Crippen LogP contribution >= 0.6 is 11.3 Å². The quantitative estimate of drug-likeness (QED) is 0.718. The predicted octanol–water partition coefficient (Wildman–Crippen LogP) is 0.278. The molecule has 0 aliphatic carbocycles. The van der Waals surface area contributed by atoms with Crippen LogP contribution in [0.15, 0.2) is 10.9 Å². The van der Waals surface area contributed by atoms with Gasteiger partial charge in [0, 0.05) is 5.38 Å². The van der Waals surface area contributed by atoms with Crippen LogP contribution in [0.2, 0.25) is 0 Å². The number of hydrogen-bond acceptors (Lipinski definition) is 5. The monoisotopic (exact) mass is 203 g/mol. The largest absolute Gasteiger partial charge is 0.479 e. The molecule has 13 heavy (non-hydrogen) atoms. The van der Waals surface area contributed by atoms with Gasteiger partial charge < -0.3 is 14.9 Å². The van der Waals surface area contributed by atoms with E-state index in [1.165, 1.54) is 16.8 Å². The van der Waals surface area contributed by atoms with Crippen LogP contribution in [-0.2, 0) is 9.53 Å². The van der Waals surface area contributed by atoms with Gasteiger partial charge in [0.1, 0.15) is 0 Å². The van der Waals surface area contributed by atoms with Crippen molar-refractivity contribution in [2.75, 3.05) is 13.2 Å². The first-order valence-electron chi connectivity index (χ1n) is 3.59. The van der Waals surface area contributed by atoms with Gasteiger partial charge in [-0.2, -0.15) is 0 Å². The molecular weight excluding hydrogens is 194 g/mol. The van der Waals surface area contributed by atoms with Crippen LogP contribution in [0.25, 0.3) is 0 Å². The molecule has 0 aliphatic rings. The molecule has 0 amide bonds. The van der Waals surface area contributed by atoms with Crippen LogP contribution in [-0.4, -0.2) is 34.4 Å². The summed E-state index contributed by atoms with van der Waals surface area (Å²) in [5, 5.41) is 18.8. The van der Waals surface area contributed by atoms with Crippen molar-refractivity contribution in [3.63, 3.8) is 0 Å². The SMILES string of the molecule is O=C(O)C(OCCO)c1cscn1. The molecule has 0 saturated carbocycles. The second-order valence-electron chi connectivity index (χ2n) is 2.23. The van der Waals surface area contributed by atoms with Crippen LogP contribution in [0.5, 0.6) is 0 Å². The van der Waals surface area contributed by atoms with Crippen LogP contribution in [0.4, 0.5) is 0 Å². The van der Waals surface area contributed by atoms with E-state index in [-0.39, 0.29) is 13.2 Å². The summed E-state index contributed by atoms with van der Waals surface area (Å²) in [6, 6.07) is 0. The highest BCUT2D eigenvalue weighted by molar-refractivity contribution is 7.07. The number of aliphatic carboxylic acids is 1. The molecule has 0 bridgehead atoms. The number of nitrogens with zero attached hydrogens (tertiary/aromatic N) is 1. The topological polar surface area (TPSA) is 79.7 Å². The van der Waals surface area contributed by atoms with Crippen LogP contribution in [0.3, 0.4) is 0 Å². The molecule has 0 aromatic carbocycles. The Kier molecular flexibility index (Phi) is 3.81. The van der Waals surface area contributed by atoms with Gasteiger partial charge in [-0.3, -0.25) is 0 Å². The van der Waals surface area contributed by atoms with Crippen molar-refractivity contribution in [2.45, 2.75) is 6.10 Å². The Morgan fingerprint density at radius 3 is 3.00 bits per heavy atom. The molecule has 1 rings (SSSR count). The molecule has 1 atom stereocenters. The number of ether oxygens (including phenoxy) is 1. The summed E-state index contributed by atoms with van der Waals surface area (Å²) in [5.74, 6) is -1.10. The number of carboxylic acids is 1. The fourth-order valence-corrected chi connectivity index (χ4v) is 1.37. The molecule has 0 radical (unpaired) electrons. The Labute approximate surface area is 78.6 Å². The molecular formula is C7H9NO4S. The van der Waals surface area contributed by atoms with Gasteiger partial charge in [-0.05, 0) is 0 Å². The van der Waals surface area contributed by atoms with Gasteiger partial charge in [-0.1, -0.05) is 0 Å². The van der Waals surface area contributed by atoms with Gasteiger partial charge in [0.05, 0.1) is 24.4 Å². The summed E-state index contributed by atoms with van der Waals surface area (Å²) in [4.78, 5) is 14.5. The molecule has 1 aromatic heterocycles. The minimum Gasteiger partial charge on any atom is -0.479 e. The third-order valence-corrected chi connectivity index (χ3v) is 1.92. The van der Waals surface area contributed by atoms with Crippen LogP contribution in [0, 0.1) is 0 Å². The summed E-state index contributed by atoms with van der Waals surface area (Å²) in [6.07, 6.45) is -1.07. The normalized spacial score (nSPS) is 12.7. The zero-order chi connectivity index (χ0) is 9.68. The van der Waals surface area contributed by atoms with Gasteiger partial charge in [-0.25, -0.2) is 9.78 Å². The first kappa shape index (κ1) is 10.1. The smallest absolute Gasteiger partial charge is 0.339 e. The molecule has 2 N–H and O–H groups in total. The van der Waals surface area contributed by atoms with E-state index in [0.717, 1.165) is 0 Å². The second kappa shape index (κ2) is 4.90. The summed E-state index contributed by atoms with van der Waals surface area (Å²) in [5.41, 5.74) is 1.90. The summed E-state index contributed by atoms with van der Waals surface area (Å²) >= 11 is 1.30. The van der Waals surface area contributed by atoms with Crippen molar-refractivity contribution in [1.29, 1.82) is 0 Å². The maximum atomic E-state index is 10.7. The van der Waals surface area contributed by atoms with Crippen LogP contribution < -0.4 is 0 Å². The van der Waals surface area contributed by atoms with Crippen molar-refractivity contribution < 1.29 is 19.7 Å². The minimum atomic E-state index is -1.10. The molecule has 1 aromatic rings. The highest BCUT2D eigenvalue weighted by Gasteiger charge is 2.21. The highest BCUT2D eigenvalue weighted by Crippen LogP contribution is 2.16. The van der Waals surface area contributed by atoms with Gasteiger partial charge >= 0.3 is 5.97 Å². The number of aliphatic hydroxyl groups excluding tert-OH is 1. The third-order valence-electron chi connectivity index (χ3n) is 1.32. The van der Waals surface area contributed by atoms with Gasteiger partial charge in [-0.15, -0.1) is 11.3 Å². The lowest BCUT2D eigenvalue weighted by atomic mass is 10.3. The number of aromatic nitrogens is 1. The molecule has 72 valence electrons. The Hall–Kier alpha value is -0.980. The molecule has 0 fully saturated rings. The predicted molar refractivity (Wildman–Crippen MR) is 45.5 cm³/mol. The van der Waals surface area contributed by atoms with E-state index in [0.29, 0.717) is 5.69 Å². The van der Waals surface area contributed by atoms with Crippen LogP contribution in [0.1, 0.15) is 11.8 Å². The molecule has 0 aliphatic heterocycles. The highest BCUT2D eigenvalue weighted by atomic mass is 32.1. The van der Waals surface area contributed by atoms with Crippen molar-refractivity contribution >= 4 is 17.3 Å². The number of carbonyl (C=O) groups is 1. The van der Waals surface area contributed by atoms with Gasteiger partial charge in [0.2, 0.25) is 0 Å². The van der Waals surface area contributed by atoms with Crippen molar-refractivity contribution in [3.05, 3.63) is 16.6 Å².